The van der Waals surface area contributed by atoms with Crippen LogP contribution in [-0.2, 0) is 26.1 Å². The lowest BCUT2D eigenvalue weighted by molar-refractivity contribution is -0.117. The van der Waals surface area contributed by atoms with E-state index in [-0.39, 0.29) is 29.8 Å². The number of nitrogens with zero attached hydrogens (tertiary/aromatic N) is 3. The molecular weight excluding hydrogens is 544 g/mol. The van der Waals surface area contributed by atoms with Crippen LogP contribution in [0.15, 0.2) is 85.1 Å². The van der Waals surface area contributed by atoms with Crippen LogP contribution in [0.3, 0.4) is 0 Å². The molecular formula is C30H33ClN4O4Si. The quantitative estimate of drug-likeness (QED) is 0.202. The predicted octanol–water partition coefficient (Wildman–Crippen LogP) is 5.36. The van der Waals surface area contributed by atoms with Gasteiger partial charge in [-0.1, -0.05) is 93.0 Å². The fraction of sp³-hybridized carbons (Fsp3) is 0.267. The molecule has 2 aromatic carbocycles. The number of ether oxygens (including phenoxy) is 1. The van der Waals surface area contributed by atoms with E-state index in [0.29, 0.717) is 16.5 Å². The summed E-state index contributed by atoms with van der Waals surface area (Å²) in [4.78, 5) is 30.3. The molecule has 0 unspecified atom stereocenters. The molecule has 0 bridgehead atoms. The summed E-state index contributed by atoms with van der Waals surface area (Å²) in [6, 6.07) is 24.5. The van der Waals surface area contributed by atoms with Gasteiger partial charge in [0.05, 0.1) is 17.3 Å². The van der Waals surface area contributed by atoms with Crippen molar-refractivity contribution in [1.82, 2.24) is 14.8 Å². The molecule has 4 aromatic rings. The summed E-state index contributed by atoms with van der Waals surface area (Å²) in [5, 5.41) is 7.74. The number of esters is 1. The van der Waals surface area contributed by atoms with Gasteiger partial charge in [0, 0.05) is 6.20 Å². The van der Waals surface area contributed by atoms with Crippen molar-refractivity contribution in [2.45, 2.75) is 44.9 Å². The van der Waals surface area contributed by atoms with Gasteiger partial charge in [-0.3, -0.25) is 9.48 Å². The van der Waals surface area contributed by atoms with Crippen molar-refractivity contribution < 1.29 is 18.8 Å². The van der Waals surface area contributed by atoms with Crippen LogP contribution in [0.2, 0.25) is 10.1 Å². The van der Waals surface area contributed by atoms with E-state index in [4.69, 9.17) is 20.8 Å². The molecule has 1 N–H and O–H groups in total. The monoisotopic (exact) mass is 576 g/mol. The summed E-state index contributed by atoms with van der Waals surface area (Å²) in [7, 11) is -1.18. The molecule has 0 saturated heterocycles. The van der Waals surface area contributed by atoms with Crippen LogP contribution in [-0.4, -0.2) is 43.0 Å². The Morgan fingerprint density at radius 2 is 1.60 bits per heavy atom. The van der Waals surface area contributed by atoms with Gasteiger partial charge < -0.3 is 14.5 Å². The van der Waals surface area contributed by atoms with Crippen molar-refractivity contribution in [2.75, 3.05) is 11.9 Å². The molecule has 208 valence electrons. The smallest absolute Gasteiger partial charge is 0.358 e. The van der Waals surface area contributed by atoms with Gasteiger partial charge in [0.15, 0.2) is 15.5 Å². The summed E-state index contributed by atoms with van der Waals surface area (Å²) in [5.41, 5.74) is 1.21. The fourth-order valence-electron chi connectivity index (χ4n) is 4.27. The first-order valence-electron chi connectivity index (χ1n) is 13.0. The molecule has 0 aliphatic carbocycles. The normalized spacial score (nSPS) is 12.0. The summed E-state index contributed by atoms with van der Waals surface area (Å²) in [5.74, 6) is -0.606. The van der Waals surface area contributed by atoms with Crippen LogP contribution in [0.1, 0.15) is 55.0 Å². The minimum absolute atomic E-state index is 0.0543. The number of hydrogen-bond acceptors (Lipinski definition) is 6. The van der Waals surface area contributed by atoms with Gasteiger partial charge in [-0.25, -0.2) is 9.78 Å². The third-order valence-corrected chi connectivity index (χ3v) is 7.66. The number of pyridine rings is 1. The van der Waals surface area contributed by atoms with E-state index in [1.54, 1.807) is 25.1 Å². The van der Waals surface area contributed by atoms with E-state index < -0.39 is 21.3 Å². The highest BCUT2D eigenvalue weighted by atomic mass is 35.5. The van der Waals surface area contributed by atoms with Gasteiger partial charge in [0.1, 0.15) is 18.0 Å². The molecule has 0 fully saturated rings. The molecule has 8 nitrogen and oxygen atoms in total. The zero-order valence-corrected chi connectivity index (χ0v) is 25.2. The van der Waals surface area contributed by atoms with Gasteiger partial charge in [-0.15, -0.1) is 0 Å². The molecule has 4 rings (SSSR count). The van der Waals surface area contributed by atoms with Gasteiger partial charge in [-0.2, -0.15) is 5.10 Å². The van der Waals surface area contributed by atoms with E-state index >= 15 is 0 Å². The predicted molar refractivity (Wildman–Crippen MR) is 158 cm³/mol. The number of carbonyl (C=O) groups is 2. The van der Waals surface area contributed by atoms with Crippen LogP contribution in [0.5, 0.6) is 0 Å². The number of halogens is 1. The Bertz CT molecular complexity index is 1400. The number of rotatable bonds is 10. The van der Waals surface area contributed by atoms with Crippen molar-refractivity contribution in [3.05, 3.63) is 113 Å². The van der Waals surface area contributed by atoms with Crippen molar-refractivity contribution in [2.24, 2.45) is 0 Å². The molecule has 0 radical (unpaired) electrons. The van der Waals surface area contributed by atoms with Crippen LogP contribution in [0.25, 0.3) is 0 Å². The maximum atomic E-state index is 13.2. The number of aromatic nitrogens is 3. The topological polar surface area (TPSA) is 95.3 Å². The maximum absolute atomic E-state index is 13.2. The number of nitrogens with one attached hydrogen (secondary N) is 1. The molecule has 0 atom stereocenters. The van der Waals surface area contributed by atoms with Crippen LogP contribution < -0.4 is 5.32 Å². The van der Waals surface area contributed by atoms with Crippen molar-refractivity contribution >= 4 is 39.1 Å². The fourth-order valence-corrected chi connectivity index (χ4v) is 5.51. The Morgan fingerprint density at radius 3 is 2.12 bits per heavy atom. The number of anilines is 1. The van der Waals surface area contributed by atoms with E-state index in [0.717, 1.165) is 11.1 Å². The molecule has 1 amide bonds. The summed E-state index contributed by atoms with van der Waals surface area (Å²) < 4.78 is 13.8. The first-order valence-corrected chi connectivity index (χ1v) is 14.7. The molecule has 2 heterocycles. The number of hydrogen-bond donors (Lipinski definition) is 1. The largest absolute Gasteiger partial charge is 0.461 e. The average molecular weight is 577 g/mol. The third-order valence-electron chi connectivity index (χ3n) is 6.00. The Hall–Kier alpha value is -3.79. The van der Waals surface area contributed by atoms with Crippen LogP contribution in [0.4, 0.5) is 5.82 Å². The Kier molecular flexibility index (Phi) is 9.19. The lowest BCUT2D eigenvalue weighted by atomic mass is 9.83. The Labute approximate surface area is 241 Å². The molecule has 0 aliphatic heterocycles. The average Bonchev–Trinajstić information content (AvgIpc) is 3.35. The van der Waals surface area contributed by atoms with E-state index in [2.05, 4.69) is 36.2 Å². The van der Waals surface area contributed by atoms with Crippen molar-refractivity contribution in [1.29, 1.82) is 0 Å². The van der Waals surface area contributed by atoms with Crippen LogP contribution in [0, 0.1) is 0 Å². The first-order chi connectivity index (χ1) is 19.1. The Morgan fingerprint density at radius 1 is 0.975 bits per heavy atom. The summed E-state index contributed by atoms with van der Waals surface area (Å²) in [6.07, 6.45) is 1.45. The highest BCUT2D eigenvalue weighted by Gasteiger charge is 2.42. The third kappa shape index (κ3) is 6.85. The van der Waals surface area contributed by atoms with Crippen molar-refractivity contribution in [3.8, 4) is 0 Å². The number of carbonyl (C=O) groups excluding carboxylic acids is 2. The molecule has 0 spiro atoms. The highest BCUT2D eigenvalue weighted by Crippen LogP contribution is 2.42. The van der Waals surface area contributed by atoms with Gasteiger partial charge >= 0.3 is 5.97 Å². The second-order valence-electron chi connectivity index (χ2n) is 10.5. The van der Waals surface area contributed by atoms with Gasteiger partial charge in [0.25, 0.3) is 0 Å². The molecule has 0 aliphatic rings. The zero-order valence-electron chi connectivity index (χ0n) is 23.1. The van der Waals surface area contributed by atoms with Crippen molar-refractivity contribution in [3.63, 3.8) is 0 Å². The maximum Gasteiger partial charge on any atom is 0.358 e. The SMILES string of the molecule is CCOC(=O)c1cc(C(O[SiH2]C(C)(C)C)(c2ccccc2)c2ccccc2)n(CC(=O)Nc2ccc(Cl)cn2)n1. The molecule has 10 heteroatoms. The second kappa shape index (κ2) is 12.6. The minimum Gasteiger partial charge on any atom is -0.461 e. The molecule has 40 heavy (non-hydrogen) atoms. The zero-order chi connectivity index (χ0) is 28.8. The van der Waals surface area contributed by atoms with E-state index in [9.17, 15) is 9.59 Å². The number of amides is 1. The number of benzene rings is 2. The van der Waals surface area contributed by atoms with E-state index in [1.165, 1.54) is 10.9 Å². The first kappa shape index (κ1) is 29.2. The summed E-state index contributed by atoms with van der Waals surface area (Å²) in [6.45, 7) is 8.18. The molecule has 2 aromatic heterocycles. The summed E-state index contributed by atoms with van der Waals surface area (Å²) >= 11 is 5.94. The highest BCUT2D eigenvalue weighted by molar-refractivity contribution is 6.32. The van der Waals surface area contributed by atoms with Gasteiger partial charge in [0.2, 0.25) is 5.91 Å². The van der Waals surface area contributed by atoms with E-state index in [1.807, 2.05) is 60.7 Å². The Balaban J connectivity index is 1.90. The molecule has 0 saturated carbocycles. The lowest BCUT2D eigenvalue weighted by Gasteiger charge is -2.38. The van der Waals surface area contributed by atoms with Crippen LogP contribution >= 0.6 is 11.6 Å². The minimum atomic E-state index is -1.18. The van der Waals surface area contributed by atoms with Gasteiger partial charge in [-0.05, 0) is 41.3 Å². The lowest BCUT2D eigenvalue weighted by Crippen LogP contribution is -2.39. The standard InChI is InChI=1S/C30H33ClN4O4Si/c1-5-38-28(37)24-18-25(35(34-24)20-27(36)33-26-17-16-23(31)19-32-26)30(39-40-29(2,3)4,21-12-8-6-9-13-21)22-14-10-7-11-15-22/h6-19H,5,20,40H2,1-4H3,(H,32,33,36). The second-order valence-corrected chi connectivity index (χ2v) is 13.6.